The van der Waals surface area contributed by atoms with Gasteiger partial charge in [0.1, 0.15) is 17.3 Å². The maximum absolute atomic E-state index is 13.0. The molecule has 7 nitrogen and oxygen atoms in total. The number of amides is 1. The summed E-state index contributed by atoms with van der Waals surface area (Å²) in [5, 5.41) is 2.75. The third-order valence-corrected chi connectivity index (χ3v) is 5.75. The Morgan fingerprint density at radius 2 is 1.58 bits per heavy atom. The van der Waals surface area contributed by atoms with Gasteiger partial charge in [-0.15, -0.1) is 0 Å². The number of rotatable bonds is 8. The van der Waals surface area contributed by atoms with Crippen LogP contribution < -0.4 is 19.5 Å². The van der Waals surface area contributed by atoms with Crippen LogP contribution in [0.15, 0.2) is 71.6 Å². The minimum atomic E-state index is -3.95. The zero-order chi connectivity index (χ0) is 22.4. The van der Waals surface area contributed by atoms with Gasteiger partial charge in [-0.25, -0.2) is 12.8 Å². The van der Waals surface area contributed by atoms with E-state index in [9.17, 15) is 17.6 Å². The molecule has 1 amide bonds. The van der Waals surface area contributed by atoms with Crippen LogP contribution in [0.4, 0.5) is 10.1 Å². The van der Waals surface area contributed by atoms with Crippen LogP contribution in [0.3, 0.4) is 0 Å². The molecule has 0 heterocycles. The highest BCUT2D eigenvalue weighted by atomic mass is 32.2. The molecular weight excluding hydrogens is 423 g/mol. The van der Waals surface area contributed by atoms with Crippen molar-refractivity contribution in [3.05, 3.63) is 83.7 Å². The Morgan fingerprint density at radius 1 is 0.935 bits per heavy atom. The zero-order valence-electron chi connectivity index (χ0n) is 16.9. The molecule has 0 saturated carbocycles. The number of carbonyl (C=O) groups is 1. The van der Waals surface area contributed by atoms with Crippen molar-refractivity contribution in [3.8, 4) is 11.5 Å². The first-order valence-corrected chi connectivity index (χ1v) is 10.7. The summed E-state index contributed by atoms with van der Waals surface area (Å²) in [5.41, 5.74) is 1.14. The number of anilines is 1. The lowest BCUT2D eigenvalue weighted by atomic mass is 10.1. The predicted octanol–water partition coefficient (Wildman–Crippen LogP) is 3.57. The summed E-state index contributed by atoms with van der Waals surface area (Å²) in [7, 11) is -0.891. The first-order valence-electron chi connectivity index (χ1n) is 9.19. The van der Waals surface area contributed by atoms with Crippen LogP contribution in [0.25, 0.3) is 0 Å². The van der Waals surface area contributed by atoms with E-state index in [0.717, 1.165) is 17.7 Å². The summed E-state index contributed by atoms with van der Waals surface area (Å²) >= 11 is 0. The quantitative estimate of drug-likeness (QED) is 0.554. The molecule has 9 heteroatoms. The molecule has 0 fully saturated rings. The first-order chi connectivity index (χ1) is 14.8. The van der Waals surface area contributed by atoms with Gasteiger partial charge in [-0.3, -0.25) is 9.52 Å². The van der Waals surface area contributed by atoms with Crippen LogP contribution >= 0.6 is 0 Å². The van der Waals surface area contributed by atoms with E-state index in [-0.39, 0.29) is 22.7 Å². The van der Waals surface area contributed by atoms with Gasteiger partial charge in [0.15, 0.2) is 0 Å². The minimum Gasteiger partial charge on any atom is -0.497 e. The summed E-state index contributed by atoms with van der Waals surface area (Å²) in [6.07, 6.45) is 0. The summed E-state index contributed by atoms with van der Waals surface area (Å²) in [6, 6.07) is 15.8. The number of hydrogen-bond donors (Lipinski definition) is 2. The number of sulfonamides is 1. The third kappa shape index (κ3) is 5.73. The van der Waals surface area contributed by atoms with Crippen molar-refractivity contribution >= 4 is 21.6 Å². The van der Waals surface area contributed by atoms with Gasteiger partial charge in [0.2, 0.25) is 0 Å². The number of hydrogen-bond acceptors (Lipinski definition) is 5. The minimum absolute atomic E-state index is 0.0903. The lowest BCUT2D eigenvalue weighted by Crippen LogP contribution is -2.23. The maximum atomic E-state index is 13.0. The van der Waals surface area contributed by atoms with Crippen LogP contribution in [-0.4, -0.2) is 28.5 Å². The van der Waals surface area contributed by atoms with E-state index < -0.39 is 21.7 Å². The molecule has 0 bridgehead atoms. The Balaban J connectivity index is 1.73. The van der Waals surface area contributed by atoms with Crippen molar-refractivity contribution in [2.24, 2.45) is 0 Å². The van der Waals surface area contributed by atoms with Crippen LogP contribution in [-0.2, 0) is 16.6 Å². The molecule has 3 aromatic rings. The molecule has 0 aliphatic carbocycles. The highest BCUT2D eigenvalue weighted by Crippen LogP contribution is 2.22. The highest BCUT2D eigenvalue weighted by Gasteiger charge is 2.17. The van der Waals surface area contributed by atoms with Gasteiger partial charge >= 0.3 is 0 Å². The Bertz CT molecular complexity index is 1160. The van der Waals surface area contributed by atoms with E-state index in [4.69, 9.17) is 9.47 Å². The van der Waals surface area contributed by atoms with E-state index in [2.05, 4.69) is 10.0 Å². The Hall–Kier alpha value is -3.59. The van der Waals surface area contributed by atoms with Gasteiger partial charge < -0.3 is 14.8 Å². The van der Waals surface area contributed by atoms with Crippen molar-refractivity contribution in [1.29, 1.82) is 0 Å². The van der Waals surface area contributed by atoms with Gasteiger partial charge in [0.25, 0.3) is 15.9 Å². The fraction of sp³-hybridized carbons (Fsp3) is 0.136. The Morgan fingerprint density at radius 3 is 2.19 bits per heavy atom. The van der Waals surface area contributed by atoms with Gasteiger partial charge in [0.05, 0.1) is 19.1 Å². The molecule has 0 aliphatic rings. The summed E-state index contributed by atoms with van der Waals surface area (Å²) in [5.74, 6) is 0.253. The predicted molar refractivity (Wildman–Crippen MR) is 114 cm³/mol. The summed E-state index contributed by atoms with van der Waals surface area (Å²) in [6.45, 7) is 0.192. The third-order valence-electron chi connectivity index (χ3n) is 4.37. The molecule has 3 rings (SSSR count). The van der Waals surface area contributed by atoms with E-state index in [0.29, 0.717) is 11.5 Å². The van der Waals surface area contributed by atoms with Gasteiger partial charge in [-0.1, -0.05) is 6.07 Å². The monoisotopic (exact) mass is 444 g/mol. The van der Waals surface area contributed by atoms with Crippen molar-refractivity contribution in [3.63, 3.8) is 0 Å². The molecule has 0 saturated heterocycles. The molecule has 0 spiro atoms. The second-order valence-electron chi connectivity index (χ2n) is 6.54. The Labute approximate surface area is 179 Å². The fourth-order valence-corrected chi connectivity index (χ4v) is 3.89. The van der Waals surface area contributed by atoms with Crippen molar-refractivity contribution < 1.29 is 27.1 Å². The largest absolute Gasteiger partial charge is 0.497 e. The van der Waals surface area contributed by atoms with Gasteiger partial charge in [-0.2, -0.15) is 0 Å². The first kappa shape index (κ1) is 22.1. The second kappa shape index (κ2) is 9.48. The van der Waals surface area contributed by atoms with E-state index in [1.54, 1.807) is 18.2 Å². The van der Waals surface area contributed by atoms with Crippen molar-refractivity contribution in [2.75, 3.05) is 18.9 Å². The van der Waals surface area contributed by atoms with Crippen molar-refractivity contribution in [1.82, 2.24) is 5.32 Å². The zero-order valence-corrected chi connectivity index (χ0v) is 17.7. The number of benzene rings is 3. The fourth-order valence-electron chi connectivity index (χ4n) is 2.79. The number of nitrogens with one attached hydrogen (secondary N) is 2. The Kier molecular flexibility index (Phi) is 6.76. The van der Waals surface area contributed by atoms with E-state index in [1.807, 2.05) is 0 Å². The number of carbonyl (C=O) groups excluding carboxylic acids is 1. The average molecular weight is 444 g/mol. The topological polar surface area (TPSA) is 93.7 Å². The van der Waals surface area contributed by atoms with Crippen LogP contribution in [0, 0.1) is 5.82 Å². The lowest BCUT2D eigenvalue weighted by Gasteiger charge is -2.11. The van der Waals surface area contributed by atoms with Crippen LogP contribution in [0.2, 0.25) is 0 Å². The molecule has 3 aromatic carbocycles. The molecule has 162 valence electrons. The number of methoxy groups -OCH3 is 2. The second-order valence-corrected chi connectivity index (χ2v) is 8.23. The van der Waals surface area contributed by atoms with Crippen LogP contribution in [0.1, 0.15) is 15.9 Å². The summed E-state index contributed by atoms with van der Waals surface area (Å²) in [4.78, 5) is 12.5. The van der Waals surface area contributed by atoms with Crippen LogP contribution in [0.5, 0.6) is 11.5 Å². The van der Waals surface area contributed by atoms with E-state index >= 15 is 0 Å². The smallest absolute Gasteiger partial charge is 0.261 e. The maximum Gasteiger partial charge on any atom is 0.261 e. The highest BCUT2D eigenvalue weighted by molar-refractivity contribution is 7.92. The molecule has 0 unspecified atom stereocenters. The lowest BCUT2D eigenvalue weighted by molar-refractivity contribution is 0.0950. The van der Waals surface area contributed by atoms with Crippen molar-refractivity contribution in [2.45, 2.75) is 11.4 Å². The van der Waals surface area contributed by atoms with Gasteiger partial charge in [-0.05, 0) is 60.2 Å². The molecule has 0 aliphatic heterocycles. The summed E-state index contributed by atoms with van der Waals surface area (Å²) < 4.78 is 51.0. The molecular formula is C22H21FN2O5S. The molecule has 0 atom stereocenters. The molecule has 31 heavy (non-hydrogen) atoms. The number of ether oxygens (including phenoxy) is 2. The molecule has 0 aromatic heterocycles. The van der Waals surface area contributed by atoms with Gasteiger partial charge in [0, 0.05) is 23.9 Å². The number of halogens is 1. The average Bonchev–Trinajstić information content (AvgIpc) is 2.78. The SMILES string of the molecule is COc1cc(CNC(=O)c2cccc(S(=O)(=O)Nc3ccc(F)cc3)c2)cc(OC)c1. The normalized spacial score (nSPS) is 10.9. The standard InChI is InChI=1S/C22H21FN2O5S/c1-29-19-10-15(11-20(13-19)30-2)14-24-22(26)16-4-3-5-21(12-16)31(27,28)25-18-8-6-17(23)7-9-18/h3-13,25H,14H2,1-2H3,(H,24,26). The molecule has 2 N–H and O–H groups in total. The molecule has 0 radical (unpaired) electrons. The van der Waals surface area contributed by atoms with E-state index in [1.165, 1.54) is 50.6 Å².